The summed E-state index contributed by atoms with van der Waals surface area (Å²) in [6.07, 6.45) is -5.64. The molecule has 1 fully saturated rings. The largest absolute Gasteiger partial charge is 0.417 e. The third kappa shape index (κ3) is 4.36. The van der Waals surface area contributed by atoms with Crippen molar-refractivity contribution in [3.8, 4) is 6.07 Å². The van der Waals surface area contributed by atoms with Crippen LogP contribution in [0.3, 0.4) is 0 Å². The Kier molecular flexibility index (Phi) is 5.86. The van der Waals surface area contributed by atoms with E-state index >= 15 is 0 Å². The number of nitriles is 1. The number of ether oxygens (including phenoxy) is 1. The van der Waals surface area contributed by atoms with Gasteiger partial charge >= 0.3 is 6.18 Å². The van der Waals surface area contributed by atoms with Gasteiger partial charge in [0, 0.05) is 4.47 Å². The van der Waals surface area contributed by atoms with E-state index in [2.05, 4.69) is 15.9 Å². The number of alkyl halides is 3. The van der Waals surface area contributed by atoms with E-state index in [-0.39, 0.29) is 23.4 Å². The van der Waals surface area contributed by atoms with Crippen LogP contribution in [-0.4, -0.2) is 25.9 Å². The summed E-state index contributed by atoms with van der Waals surface area (Å²) in [4.78, 5) is -0.755. The molecule has 0 bridgehead atoms. The van der Waals surface area contributed by atoms with Crippen molar-refractivity contribution in [3.05, 3.63) is 28.2 Å². The lowest BCUT2D eigenvalue weighted by atomic mass is 10.1. The number of rotatable bonds is 4. The van der Waals surface area contributed by atoms with Crippen LogP contribution in [0, 0.1) is 17.2 Å². The Labute approximate surface area is 153 Å². The number of hydrogen-bond acceptors (Lipinski definition) is 4. The van der Waals surface area contributed by atoms with Crippen molar-refractivity contribution in [1.82, 2.24) is 0 Å². The Morgan fingerprint density at radius 2 is 1.96 bits per heavy atom. The molecule has 3 atom stereocenters. The average Bonchev–Trinajstić information content (AvgIpc) is 2.89. The average molecular weight is 440 g/mol. The minimum atomic E-state index is -4.80. The maximum absolute atomic E-state index is 13.3. The monoisotopic (exact) mass is 439 g/mol. The van der Waals surface area contributed by atoms with E-state index in [0.717, 1.165) is 12.1 Å². The first-order valence-electron chi connectivity index (χ1n) is 7.62. The molecule has 1 aromatic carbocycles. The van der Waals surface area contributed by atoms with Gasteiger partial charge < -0.3 is 4.74 Å². The molecule has 0 amide bonds. The van der Waals surface area contributed by atoms with E-state index in [1.807, 2.05) is 6.07 Å². The van der Waals surface area contributed by atoms with Gasteiger partial charge in [-0.3, -0.25) is 0 Å². The SMILES string of the molecule is CC(C)O[C@H]1C[C@@H](S(=O)(=O)c2ccc(Br)cc2C(F)(F)F)C[C@@H]1C#N. The molecule has 25 heavy (non-hydrogen) atoms. The maximum Gasteiger partial charge on any atom is 0.417 e. The number of nitrogens with zero attached hydrogens (tertiary/aromatic N) is 1. The van der Waals surface area contributed by atoms with Crippen LogP contribution < -0.4 is 0 Å². The highest BCUT2D eigenvalue weighted by Crippen LogP contribution is 2.41. The highest BCUT2D eigenvalue weighted by atomic mass is 79.9. The summed E-state index contributed by atoms with van der Waals surface area (Å²) in [5.74, 6) is -0.660. The number of sulfone groups is 1. The summed E-state index contributed by atoms with van der Waals surface area (Å²) in [7, 11) is -4.25. The molecule has 1 aliphatic rings. The third-order valence-electron chi connectivity index (χ3n) is 4.07. The number of hydrogen-bond donors (Lipinski definition) is 0. The zero-order valence-corrected chi connectivity index (χ0v) is 16.0. The van der Waals surface area contributed by atoms with Gasteiger partial charge in [0.25, 0.3) is 0 Å². The quantitative estimate of drug-likeness (QED) is 0.699. The van der Waals surface area contributed by atoms with Gasteiger partial charge in [0.05, 0.1) is 39.9 Å². The van der Waals surface area contributed by atoms with E-state index in [4.69, 9.17) is 4.74 Å². The van der Waals surface area contributed by atoms with Crippen molar-refractivity contribution >= 4 is 25.8 Å². The molecule has 1 aromatic rings. The van der Waals surface area contributed by atoms with Gasteiger partial charge in [0.1, 0.15) is 0 Å². The highest BCUT2D eigenvalue weighted by Gasteiger charge is 2.46. The molecule has 1 saturated carbocycles. The molecule has 4 nitrogen and oxygen atoms in total. The van der Waals surface area contributed by atoms with Crippen LogP contribution in [0.5, 0.6) is 0 Å². The molecule has 0 heterocycles. The smallest absolute Gasteiger partial charge is 0.374 e. The van der Waals surface area contributed by atoms with Gasteiger partial charge in [-0.2, -0.15) is 18.4 Å². The molecule has 0 aliphatic heterocycles. The molecular weight excluding hydrogens is 423 g/mol. The Bertz CT molecular complexity index is 787. The van der Waals surface area contributed by atoms with Crippen LogP contribution in [0.15, 0.2) is 27.6 Å². The third-order valence-corrected chi connectivity index (χ3v) is 6.79. The molecular formula is C16H17BrF3NO3S. The normalized spacial score (nSPS) is 24.5. The fraction of sp³-hybridized carbons (Fsp3) is 0.562. The summed E-state index contributed by atoms with van der Waals surface area (Å²) in [5, 5.41) is 8.13. The molecule has 0 saturated heterocycles. The molecule has 0 unspecified atom stereocenters. The summed E-state index contributed by atoms with van der Waals surface area (Å²) >= 11 is 2.94. The van der Waals surface area contributed by atoms with Crippen molar-refractivity contribution < 1.29 is 26.3 Å². The molecule has 0 radical (unpaired) electrons. The molecule has 0 N–H and O–H groups in total. The van der Waals surface area contributed by atoms with Gasteiger partial charge in [-0.1, -0.05) is 15.9 Å². The van der Waals surface area contributed by atoms with Gasteiger partial charge in [0.2, 0.25) is 0 Å². The fourth-order valence-corrected chi connectivity index (χ4v) is 5.36. The zero-order chi connectivity index (χ0) is 19.0. The molecule has 0 spiro atoms. The number of benzene rings is 1. The second-order valence-electron chi connectivity index (χ2n) is 6.24. The lowest BCUT2D eigenvalue weighted by Gasteiger charge is -2.18. The van der Waals surface area contributed by atoms with E-state index in [1.165, 1.54) is 6.07 Å². The van der Waals surface area contributed by atoms with E-state index in [0.29, 0.717) is 0 Å². The van der Waals surface area contributed by atoms with Crippen molar-refractivity contribution in [2.45, 2.75) is 55.2 Å². The van der Waals surface area contributed by atoms with Crippen LogP contribution in [-0.2, 0) is 20.8 Å². The molecule has 2 rings (SSSR count). The molecule has 0 aromatic heterocycles. The summed E-state index contributed by atoms with van der Waals surface area (Å²) in [6, 6.07) is 4.99. The van der Waals surface area contributed by atoms with Crippen molar-refractivity contribution in [2.24, 2.45) is 5.92 Å². The maximum atomic E-state index is 13.3. The van der Waals surface area contributed by atoms with Gasteiger partial charge in [0.15, 0.2) is 9.84 Å². The zero-order valence-electron chi connectivity index (χ0n) is 13.5. The first-order chi connectivity index (χ1) is 11.5. The second-order valence-corrected chi connectivity index (χ2v) is 9.35. The topological polar surface area (TPSA) is 67.2 Å². The van der Waals surface area contributed by atoms with Crippen LogP contribution in [0.1, 0.15) is 32.3 Å². The van der Waals surface area contributed by atoms with E-state index in [1.54, 1.807) is 13.8 Å². The fourth-order valence-electron chi connectivity index (χ4n) is 3.00. The van der Waals surface area contributed by atoms with Crippen LogP contribution in [0.2, 0.25) is 0 Å². The van der Waals surface area contributed by atoms with Crippen molar-refractivity contribution in [2.75, 3.05) is 0 Å². The van der Waals surface area contributed by atoms with Crippen LogP contribution >= 0.6 is 15.9 Å². The molecule has 1 aliphatic carbocycles. The summed E-state index contributed by atoms with van der Waals surface area (Å²) in [6.45, 7) is 3.51. The predicted octanol–water partition coefficient (Wildman–Crippen LogP) is 4.34. The van der Waals surface area contributed by atoms with Crippen LogP contribution in [0.4, 0.5) is 13.2 Å². The molecule has 9 heteroatoms. The molecule has 138 valence electrons. The number of halogens is 4. The van der Waals surface area contributed by atoms with Gasteiger partial charge in [-0.15, -0.1) is 0 Å². The van der Waals surface area contributed by atoms with Gasteiger partial charge in [-0.25, -0.2) is 8.42 Å². The Morgan fingerprint density at radius 3 is 2.48 bits per heavy atom. The minimum Gasteiger partial charge on any atom is -0.374 e. The van der Waals surface area contributed by atoms with E-state index in [9.17, 15) is 26.9 Å². The highest BCUT2D eigenvalue weighted by molar-refractivity contribution is 9.10. The summed E-state index contributed by atoms with van der Waals surface area (Å²) in [5.41, 5.74) is -1.20. The standard InChI is InChI=1S/C16H17BrF3NO3S/c1-9(2)24-14-7-12(5-10(14)8-21)25(22,23)15-4-3-11(17)6-13(15)16(18,19)20/h3-4,6,9-10,12,14H,5,7H2,1-2H3/t10-,12+,14+/m1/s1. The Hall–Kier alpha value is -1.11. The minimum absolute atomic E-state index is 0.00605. The lowest BCUT2D eigenvalue weighted by Crippen LogP contribution is -2.24. The second kappa shape index (κ2) is 7.25. The van der Waals surface area contributed by atoms with Crippen molar-refractivity contribution in [3.63, 3.8) is 0 Å². The van der Waals surface area contributed by atoms with Gasteiger partial charge in [-0.05, 0) is 44.9 Å². The van der Waals surface area contributed by atoms with Crippen LogP contribution in [0.25, 0.3) is 0 Å². The van der Waals surface area contributed by atoms with E-state index < -0.39 is 43.7 Å². The summed E-state index contributed by atoms with van der Waals surface area (Å²) < 4.78 is 71.2. The first kappa shape index (κ1) is 20.2. The van der Waals surface area contributed by atoms with Crippen molar-refractivity contribution in [1.29, 1.82) is 5.26 Å². The first-order valence-corrected chi connectivity index (χ1v) is 9.96. The lowest BCUT2D eigenvalue weighted by molar-refractivity contribution is -0.139. The Balaban J connectivity index is 2.42. The predicted molar refractivity (Wildman–Crippen MR) is 88.5 cm³/mol. The Morgan fingerprint density at radius 1 is 1.32 bits per heavy atom.